The third kappa shape index (κ3) is 20.4. The Morgan fingerprint density at radius 2 is 0.648 bits per heavy atom. The van der Waals surface area contributed by atoms with Crippen LogP contribution in [0.2, 0.25) is 0 Å². The molecule has 1 aliphatic rings. The zero-order valence-electron chi connectivity index (χ0n) is 47.4. The summed E-state index contributed by atoms with van der Waals surface area (Å²) in [6, 6.07) is 21.5. The molecular weight excluding hydrogens is 1440 g/mol. The molecule has 1 aliphatic carbocycles. The van der Waals surface area contributed by atoms with Gasteiger partial charge in [0.25, 0.3) is 0 Å². The fourth-order valence-corrected chi connectivity index (χ4v) is 19.7. The second-order valence-electron chi connectivity index (χ2n) is 17.3. The molecule has 0 aromatic heterocycles. The molecule has 0 atom stereocenters. The van der Waals surface area contributed by atoms with E-state index in [1.165, 1.54) is 36.4 Å². The zero-order chi connectivity index (χ0) is 59.1. The van der Waals surface area contributed by atoms with Crippen molar-refractivity contribution in [3.63, 3.8) is 0 Å². The largest absolute Gasteiger partial charge is 1.00 e. The minimum atomic E-state index is -6.50. The van der Waals surface area contributed by atoms with Gasteiger partial charge in [-0.1, -0.05) is 78.9 Å². The van der Waals surface area contributed by atoms with E-state index in [0.29, 0.717) is 18.2 Å². The van der Waals surface area contributed by atoms with Crippen LogP contribution in [0.25, 0.3) is 34.1 Å². The maximum absolute atomic E-state index is 13.5. The van der Waals surface area contributed by atoms with Crippen LogP contribution in [-0.2, 0) is 93.3 Å². The molecule has 24 nitrogen and oxygen atoms in total. The van der Waals surface area contributed by atoms with Gasteiger partial charge in [-0.25, -0.2) is 67.3 Å². The second kappa shape index (κ2) is 34.2. The summed E-state index contributed by atoms with van der Waals surface area (Å²) in [6.07, 6.45) is -2.92. The fourth-order valence-electron chi connectivity index (χ4n) is 8.99. The van der Waals surface area contributed by atoms with E-state index in [-0.39, 0.29) is 264 Å². The van der Waals surface area contributed by atoms with Gasteiger partial charge in [0.05, 0.1) is 29.4 Å². The molecular formula is C46H30Na8O24P2S8. The van der Waals surface area contributed by atoms with Crippen LogP contribution in [0.4, 0.5) is 0 Å². The Morgan fingerprint density at radius 1 is 0.341 bits per heavy atom. The van der Waals surface area contributed by atoms with Crippen LogP contribution in [-0.4, -0.2) is 108 Å². The summed E-state index contributed by atoms with van der Waals surface area (Å²) >= 11 is 0. The SMILES string of the molecule is O=S(=O)([O-])c1cccc(P(Cc2cc(S(=O)(=O)[O-])c3c(c2-c2c(CP(c4cccc(S(=O)(=O)[O-])c4)c4cccc(S(=O)(=O)[O-])c4)cc(S(=O)(=O)[O-])c4ccccc24)=CC(S(=O)(=O)[O-])(S(=O)(=O)[O-])CC=3)c2cccc(S(=O)(=O)[O-])c2)c1.[Na+].[Na+].[Na+].[Na+].[Na+].[Na+].[Na+].[Na+]. The standard InChI is InChI=1S/C46H38O24P2S8.8Na/c47-73(48,49)34-11-3-7-30(21-34)71(31-8-4-12-35(22-31)74(50,51)52)26-28-19-42(77(59,60)61)38-15-1-2-16-40(38)44(28)45-29(20-43(78(62,63)64)39-17-18-46(25-41(39)45,79(65,66)67)80(68,69)70)27-72(32-9-5-13-36(23-32)75(53,54)55)33-10-6-14-37(24-33)76(56,57)58;;;;;;;;/h1-17,19-25H,18,26-27H2,(H,47,48,49)(H,50,51,52)(H,53,54,55)(H,56,57,58)(H,59,60,61)(H,62,63,64)(H,65,66,67)(H,68,69,70);;;;;;;;/q;8*+1/p-8. The molecule has 7 aromatic carbocycles. The monoisotopic (exact) mass is 1470 g/mol. The maximum Gasteiger partial charge on any atom is 1.00 e. The van der Waals surface area contributed by atoms with Crippen molar-refractivity contribution in [3.8, 4) is 11.1 Å². The Labute approximate surface area is 687 Å². The molecule has 0 bridgehead atoms. The van der Waals surface area contributed by atoms with Gasteiger partial charge in [-0.3, -0.25) is 0 Å². The average Bonchev–Trinajstić information content (AvgIpc) is 3.52. The molecule has 8 rings (SSSR count). The third-order valence-electron chi connectivity index (χ3n) is 12.5. The van der Waals surface area contributed by atoms with Crippen LogP contribution in [0.5, 0.6) is 0 Å². The predicted octanol–water partition coefficient (Wildman–Crippen LogP) is -24.0. The number of rotatable bonds is 17. The van der Waals surface area contributed by atoms with Crippen molar-refractivity contribution in [3.05, 3.63) is 155 Å². The van der Waals surface area contributed by atoms with E-state index in [0.717, 1.165) is 84.9 Å². The molecule has 0 unspecified atom stereocenters. The van der Waals surface area contributed by atoms with Gasteiger partial charge < -0.3 is 36.4 Å². The van der Waals surface area contributed by atoms with Crippen molar-refractivity contribution >= 4 is 141 Å². The topological polar surface area (TPSA) is 458 Å². The molecule has 0 aliphatic heterocycles. The van der Waals surface area contributed by atoms with Crippen molar-refractivity contribution < 1.29 is 340 Å². The Morgan fingerprint density at radius 3 is 0.955 bits per heavy atom. The first-order valence-electron chi connectivity index (χ1n) is 21.8. The smallest absolute Gasteiger partial charge is 0.747 e. The van der Waals surface area contributed by atoms with Crippen LogP contribution in [0, 0.1) is 0 Å². The molecule has 42 heteroatoms. The van der Waals surface area contributed by atoms with Crippen molar-refractivity contribution in [1.29, 1.82) is 0 Å². The van der Waals surface area contributed by atoms with Gasteiger partial charge in [-0.15, -0.1) is 0 Å². The van der Waals surface area contributed by atoms with Gasteiger partial charge in [0, 0.05) is 18.7 Å². The summed E-state index contributed by atoms with van der Waals surface area (Å²) in [7, 11) is -51.4. The first-order valence-corrected chi connectivity index (χ1v) is 36.1. The minimum absolute atomic E-state index is 0. The second-order valence-corrected chi connectivity index (χ2v) is 33.5. The maximum atomic E-state index is 13.5. The molecule has 0 fully saturated rings. The Balaban J connectivity index is 0.00000946. The summed E-state index contributed by atoms with van der Waals surface area (Å²) in [5, 5.41) is -3.68. The van der Waals surface area contributed by atoms with Gasteiger partial charge in [0.2, 0.25) is 0 Å². The van der Waals surface area contributed by atoms with E-state index in [4.69, 9.17) is 0 Å². The van der Waals surface area contributed by atoms with E-state index in [9.17, 15) is 104 Å². The van der Waals surface area contributed by atoms with Gasteiger partial charge in [0.1, 0.15) is 80.9 Å². The van der Waals surface area contributed by atoms with Crippen molar-refractivity contribution in [1.82, 2.24) is 0 Å². The van der Waals surface area contributed by atoms with E-state index in [1.807, 2.05) is 0 Å². The van der Waals surface area contributed by atoms with Gasteiger partial charge in [-0.05, 0) is 147 Å². The molecule has 0 N–H and O–H groups in total. The summed E-state index contributed by atoms with van der Waals surface area (Å²) in [4.78, 5) is -6.02. The van der Waals surface area contributed by atoms with Crippen molar-refractivity contribution in [2.24, 2.45) is 0 Å². The molecule has 7 aromatic rings. The summed E-state index contributed by atoms with van der Waals surface area (Å²) in [6.45, 7) is 0. The van der Waals surface area contributed by atoms with E-state index < -0.39 is 192 Å². The zero-order valence-corrected chi connectivity index (χ0v) is 71.8. The van der Waals surface area contributed by atoms with Crippen LogP contribution >= 0.6 is 15.8 Å². The Bertz CT molecular complexity index is 4740. The molecule has 424 valence electrons. The van der Waals surface area contributed by atoms with Gasteiger partial charge in [0.15, 0.2) is 4.08 Å². The molecule has 0 amide bonds. The first kappa shape index (κ1) is 90.7. The predicted molar refractivity (Wildman–Crippen MR) is 278 cm³/mol. The van der Waals surface area contributed by atoms with Crippen molar-refractivity contribution in [2.45, 2.75) is 52.2 Å². The first-order chi connectivity index (χ1) is 36.7. The van der Waals surface area contributed by atoms with Crippen LogP contribution in [0.15, 0.2) is 163 Å². The molecule has 0 heterocycles. The summed E-state index contributed by atoms with van der Waals surface area (Å²) in [5.74, 6) is 0. The molecule has 0 spiro atoms. The number of hydrogen-bond donors (Lipinski definition) is 0. The molecule has 88 heavy (non-hydrogen) atoms. The third-order valence-corrected chi connectivity index (χ3v) is 25.9. The Hall–Kier alpha value is 2.68. The van der Waals surface area contributed by atoms with Crippen molar-refractivity contribution in [2.75, 3.05) is 0 Å². The van der Waals surface area contributed by atoms with E-state index >= 15 is 0 Å². The molecule has 0 saturated carbocycles. The van der Waals surface area contributed by atoms with E-state index in [1.54, 1.807) is 0 Å². The van der Waals surface area contributed by atoms with Gasteiger partial charge >= 0.3 is 236 Å². The quantitative estimate of drug-likeness (QED) is 0.0464. The summed E-state index contributed by atoms with van der Waals surface area (Å²) < 4.78 is 306. The number of hydrogen-bond acceptors (Lipinski definition) is 24. The van der Waals surface area contributed by atoms with Crippen LogP contribution in [0.1, 0.15) is 17.5 Å². The average molecular weight is 1470 g/mol. The van der Waals surface area contributed by atoms with Gasteiger partial charge in [-0.2, -0.15) is 0 Å². The number of fused-ring (bicyclic) bond motifs is 2. The van der Waals surface area contributed by atoms with E-state index in [2.05, 4.69) is 0 Å². The summed E-state index contributed by atoms with van der Waals surface area (Å²) in [5.41, 5.74) is -2.36. The molecule has 0 saturated heterocycles. The Kier molecular flexibility index (Phi) is 35.2. The normalized spacial score (nSPS) is 13.3. The van der Waals surface area contributed by atoms with Crippen LogP contribution < -0.4 is 268 Å². The van der Waals surface area contributed by atoms with Crippen LogP contribution in [0.3, 0.4) is 0 Å². The minimum Gasteiger partial charge on any atom is -0.747 e. The molecule has 0 radical (unpaired) electrons. The number of benzene rings is 7. The fraction of sp³-hybridized carbons (Fsp3) is 0.0870.